The van der Waals surface area contributed by atoms with Gasteiger partial charge in [-0.05, 0) is 18.1 Å². The highest BCUT2D eigenvalue weighted by atomic mass is 16.3. The highest BCUT2D eigenvalue weighted by Crippen LogP contribution is 1.97. The lowest BCUT2D eigenvalue weighted by Crippen LogP contribution is -2.25. The molecule has 1 unspecified atom stereocenters. The third-order valence-corrected chi connectivity index (χ3v) is 1.99. The zero-order chi connectivity index (χ0) is 9.52. The van der Waals surface area contributed by atoms with E-state index in [0.717, 1.165) is 19.4 Å². The van der Waals surface area contributed by atoms with Crippen LogP contribution in [0.2, 0.25) is 0 Å². The van der Waals surface area contributed by atoms with Gasteiger partial charge in [-0.1, -0.05) is 13.3 Å². The van der Waals surface area contributed by atoms with Crippen LogP contribution in [0, 0.1) is 0 Å². The van der Waals surface area contributed by atoms with Gasteiger partial charge in [-0.3, -0.25) is 0 Å². The quantitative estimate of drug-likeness (QED) is 0.620. The Hall–Kier alpha value is -0.800. The number of H-pyrrole nitrogens is 1. The van der Waals surface area contributed by atoms with Gasteiger partial charge >= 0.3 is 0 Å². The van der Waals surface area contributed by atoms with E-state index in [1.54, 1.807) is 0 Å². The first-order valence-electron chi connectivity index (χ1n) is 4.83. The summed E-state index contributed by atoms with van der Waals surface area (Å²) in [5, 5.41) is 12.6. The molecule has 1 aromatic heterocycles. The van der Waals surface area contributed by atoms with Crippen LogP contribution in [0.4, 0.5) is 0 Å². The van der Waals surface area contributed by atoms with Crippen LogP contribution in [0.25, 0.3) is 0 Å². The summed E-state index contributed by atoms with van der Waals surface area (Å²) < 4.78 is 0. The molecule has 3 N–H and O–H groups in total. The summed E-state index contributed by atoms with van der Waals surface area (Å²) in [5.74, 6) is 0. The van der Waals surface area contributed by atoms with Crippen molar-refractivity contribution < 1.29 is 5.11 Å². The number of aromatic amines is 1. The molecule has 0 aliphatic heterocycles. The van der Waals surface area contributed by atoms with Gasteiger partial charge in [0.1, 0.15) is 0 Å². The fraction of sp³-hybridized carbons (Fsp3) is 0.600. The first-order valence-corrected chi connectivity index (χ1v) is 4.83. The van der Waals surface area contributed by atoms with E-state index in [2.05, 4.69) is 17.2 Å². The Morgan fingerprint density at radius 3 is 3.08 bits per heavy atom. The number of hydrogen-bond donors (Lipinski definition) is 3. The Morgan fingerprint density at radius 2 is 2.46 bits per heavy atom. The SMILES string of the molecule is CCCC(O)CNCc1cc[nH]c1. The number of hydrogen-bond acceptors (Lipinski definition) is 2. The van der Waals surface area contributed by atoms with Crippen LogP contribution in [0.1, 0.15) is 25.3 Å². The molecule has 74 valence electrons. The van der Waals surface area contributed by atoms with E-state index in [4.69, 9.17) is 0 Å². The molecule has 1 aromatic rings. The third kappa shape index (κ3) is 4.10. The Balaban J connectivity index is 2.07. The summed E-state index contributed by atoms with van der Waals surface area (Å²) >= 11 is 0. The smallest absolute Gasteiger partial charge is 0.0664 e. The molecule has 13 heavy (non-hydrogen) atoms. The molecular weight excluding hydrogens is 164 g/mol. The van der Waals surface area contributed by atoms with Crippen molar-refractivity contribution in [3.8, 4) is 0 Å². The summed E-state index contributed by atoms with van der Waals surface area (Å²) in [7, 11) is 0. The molecule has 0 aromatic carbocycles. The number of aromatic nitrogens is 1. The van der Waals surface area contributed by atoms with Gasteiger partial charge in [0.2, 0.25) is 0 Å². The molecule has 0 amide bonds. The van der Waals surface area contributed by atoms with Gasteiger partial charge in [-0.25, -0.2) is 0 Å². The lowest BCUT2D eigenvalue weighted by atomic mass is 10.2. The van der Waals surface area contributed by atoms with Gasteiger partial charge in [0.15, 0.2) is 0 Å². The van der Waals surface area contributed by atoms with Crippen LogP contribution in [0.15, 0.2) is 18.5 Å². The number of nitrogens with one attached hydrogen (secondary N) is 2. The summed E-state index contributed by atoms with van der Waals surface area (Å²) in [6.45, 7) is 3.58. The van der Waals surface area contributed by atoms with Crippen LogP contribution in [-0.2, 0) is 6.54 Å². The minimum atomic E-state index is -0.205. The highest BCUT2D eigenvalue weighted by molar-refractivity contribution is 5.07. The number of aliphatic hydroxyl groups is 1. The number of aliphatic hydroxyl groups excluding tert-OH is 1. The van der Waals surface area contributed by atoms with Crippen LogP contribution >= 0.6 is 0 Å². The van der Waals surface area contributed by atoms with Crippen molar-refractivity contribution in [2.45, 2.75) is 32.4 Å². The minimum absolute atomic E-state index is 0.205. The molecule has 1 rings (SSSR count). The van der Waals surface area contributed by atoms with Crippen molar-refractivity contribution in [2.75, 3.05) is 6.54 Å². The molecular formula is C10H18N2O. The maximum Gasteiger partial charge on any atom is 0.0664 e. The lowest BCUT2D eigenvalue weighted by molar-refractivity contribution is 0.160. The molecule has 0 aliphatic carbocycles. The molecule has 3 nitrogen and oxygen atoms in total. The minimum Gasteiger partial charge on any atom is -0.392 e. The topological polar surface area (TPSA) is 48.0 Å². The van der Waals surface area contributed by atoms with Crippen LogP contribution in [-0.4, -0.2) is 22.7 Å². The maximum atomic E-state index is 9.41. The van der Waals surface area contributed by atoms with E-state index < -0.39 is 0 Å². The van der Waals surface area contributed by atoms with Crippen molar-refractivity contribution in [2.24, 2.45) is 0 Å². The van der Waals surface area contributed by atoms with Crippen molar-refractivity contribution in [3.05, 3.63) is 24.0 Å². The standard InChI is InChI=1S/C10H18N2O/c1-2-3-10(13)8-12-7-9-4-5-11-6-9/h4-6,10-13H,2-3,7-8H2,1H3. The fourth-order valence-corrected chi connectivity index (χ4v) is 1.29. The van der Waals surface area contributed by atoms with E-state index in [1.165, 1.54) is 5.56 Å². The fourth-order valence-electron chi connectivity index (χ4n) is 1.29. The molecule has 1 atom stereocenters. The zero-order valence-electron chi connectivity index (χ0n) is 8.09. The van der Waals surface area contributed by atoms with Crippen molar-refractivity contribution in [1.82, 2.24) is 10.3 Å². The van der Waals surface area contributed by atoms with Gasteiger partial charge in [0.25, 0.3) is 0 Å². The predicted molar refractivity (Wildman–Crippen MR) is 53.4 cm³/mol. The largest absolute Gasteiger partial charge is 0.392 e. The number of rotatable bonds is 6. The van der Waals surface area contributed by atoms with Gasteiger partial charge in [0.05, 0.1) is 6.10 Å². The highest BCUT2D eigenvalue weighted by Gasteiger charge is 2.01. The molecule has 0 bridgehead atoms. The second-order valence-corrected chi connectivity index (χ2v) is 3.29. The van der Waals surface area contributed by atoms with E-state index >= 15 is 0 Å². The second-order valence-electron chi connectivity index (χ2n) is 3.29. The maximum absolute atomic E-state index is 9.41. The predicted octanol–water partition coefficient (Wildman–Crippen LogP) is 1.27. The Morgan fingerprint density at radius 1 is 1.62 bits per heavy atom. The van der Waals surface area contributed by atoms with Gasteiger partial charge in [-0.2, -0.15) is 0 Å². The molecule has 3 heteroatoms. The molecule has 0 saturated carbocycles. The third-order valence-electron chi connectivity index (χ3n) is 1.99. The van der Waals surface area contributed by atoms with Gasteiger partial charge in [-0.15, -0.1) is 0 Å². The Kier molecular flexibility index (Phi) is 4.57. The summed E-state index contributed by atoms with van der Waals surface area (Å²) in [6, 6.07) is 2.03. The van der Waals surface area contributed by atoms with Crippen molar-refractivity contribution in [3.63, 3.8) is 0 Å². The lowest BCUT2D eigenvalue weighted by Gasteiger charge is -2.09. The first kappa shape index (κ1) is 10.3. The zero-order valence-corrected chi connectivity index (χ0v) is 8.09. The average Bonchev–Trinajstić information content (AvgIpc) is 2.57. The molecule has 0 radical (unpaired) electrons. The molecule has 0 aliphatic rings. The van der Waals surface area contributed by atoms with E-state index in [-0.39, 0.29) is 6.10 Å². The van der Waals surface area contributed by atoms with Crippen LogP contribution in [0.5, 0.6) is 0 Å². The second kappa shape index (κ2) is 5.78. The summed E-state index contributed by atoms with van der Waals surface area (Å²) in [6.07, 6.45) is 5.56. The van der Waals surface area contributed by atoms with Crippen LogP contribution in [0.3, 0.4) is 0 Å². The Labute approximate surface area is 79.2 Å². The monoisotopic (exact) mass is 182 g/mol. The summed E-state index contributed by atoms with van der Waals surface area (Å²) in [5.41, 5.74) is 1.23. The first-order chi connectivity index (χ1) is 6.33. The van der Waals surface area contributed by atoms with E-state index in [9.17, 15) is 5.11 Å². The molecule has 0 fully saturated rings. The van der Waals surface area contributed by atoms with Crippen molar-refractivity contribution in [1.29, 1.82) is 0 Å². The van der Waals surface area contributed by atoms with E-state index in [1.807, 2.05) is 18.5 Å². The average molecular weight is 182 g/mol. The molecule has 1 heterocycles. The summed E-state index contributed by atoms with van der Waals surface area (Å²) in [4.78, 5) is 2.99. The Bertz CT molecular complexity index is 209. The van der Waals surface area contributed by atoms with Crippen molar-refractivity contribution >= 4 is 0 Å². The van der Waals surface area contributed by atoms with Crippen LogP contribution < -0.4 is 5.32 Å². The van der Waals surface area contributed by atoms with Gasteiger partial charge < -0.3 is 15.4 Å². The molecule has 0 spiro atoms. The molecule has 0 saturated heterocycles. The van der Waals surface area contributed by atoms with E-state index in [0.29, 0.717) is 6.54 Å². The normalized spacial score (nSPS) is 13.1. The van der Waals surface area contributed by atoms with Gasteiger partial charge in [0, 0.05) is 25.5 Å².